The molecule has 2 aliphatic rings. The molecule has 2 fully saturated rings. The SMILES string of the molecule is CCCCN1CCN(c2cc(OC)c(OC)cc2C2CC(C)(C)CC(C)(C)C2)CC1. The highest BCUT2D eigenvalue weighted by Gasteiger charge is 2.40. The second-order valence-electron chi connectivity index (χ2n) is 11.1. The highest BCUT2D eigenvalue weighted by molar-refractivity contribution is 5.63. The van der Waals surface area contributed by atoms with Gasteiger partial charge in [0.15, 0.2) is 11.5 Å². The zero-order valence-electron chi connectivity index (χ0n) is 20.5. The lowest BCUT2D eigenvalue weighted by Gasteiger charge is -2.46. The van der Waals surface area contributed by atoms with Gasteiger partial charge in [-0.25, -0.2) is 0 Å². The van der Waals surface area contributed by atoms with Gasteiger partial charge in [0, 0.05) is 37.9 Å². The summed E-state index contributed by atoms with van der Waals surface area (Å²) in [6, 6.07) is 4.52. The smallest absolute Gasteiger partial charge is 0.162 e. The highest BCUT2D eigenvalue weighted by atomic mass is 16.5. The van der Waals surface area contributed by atoms with Crippen LogP contribution in [0.2, 0.25) is 0 Å². The van der Waals surface area contributed by atoms with Crippen molar-refractivity contribution in [3.63, 3.8) is 0 Å². The van der Waals surface area contributed by atoms with E-state index in [-0.39, 0.29) is 0 Å². The number of benzene rings is 1. The van der Waals surface area contributed by atoms with Crippen molar-refractivity contribution in [3.8, 4) is 11.5 Å². The van der Waals surface area contributed by atoms with Crippen LogP contribution in [0.15, 0.2) is 12.1 Å². The molecule has 0 spiro atoms. The monoisotopic (exact) mass is 416 g/mol. The largest absolute Gasteiger partial charge is 0.493 e. The van der Waals surface area contributed by atoms with E-state index in [0.717, 1.165) is 37.7 Å². The highest BCUT2D eigenvalue weighted by Crippen LogP contribution is 2.54. The molecule has 4 nitrogen and oxygen atoms in total. The topological polar surface area (TPSA) is 24.9 Å². The summed E-state index contributed by atoms with van der Waals surface area (Å²) in [5.74, 6) is 2.26. The first-order chi connectivity index (χ1) is 14.2. The number of anilines is 1. The summed E-state index contributed by atoms with van der Waals surface area (Å²) in [5.41, 5.74) is 3.53. The number of unbranched alkanes of at least 4 members (excludes halogenated alkanes) is 1. The third-order valence-corrected chi connectivity index (χ3v) is 7.07. The maximum atomic E-state index is 5.72. The van der Waals surface area contributed by atoms with Gasteiger partial charge in [-0.15, -0.1) is 0 Å². The zero-order chi connectivity index (χ0) is 21.9. The Kier molecular flexibility index (Phi) is 7.27. The maximum Gasteiger partial charge on any atom is 0.162 e. The molecule has 1 saturated heterocycles. The van der Waals surface area contributed by atoms with Crippen molar-refractivity contribution in [2.24, 2.45) is 10.8 Å². The Bertz CT molecular complexity index is 689. The van der Waals surface area contributed by atoms with Crippen LogP contribution in [0.4, 0.5) is 5.69 Å². The fourth-order valence-electron chi connectivity index (χ4n) is 6.14. The van der Waals surface area contributed by atoms with Gasteiger partial charge in [0.05, 0.1) is 14.2 Å². The van der Waals surface area contributed by atoms with Crippen molar-refractivity contribution in [1.82, 2.24) is 4.90 Å². The van der Waals surface area contributed by atoms with Crippen LogP contribution < -0.4 is 14.4 Å². The van der Waals surface area contributed by atoms with Crippen LogP contribution in [0.25, 0.3) is 0 Å². The number of hydrogen-bond donors (Lipinski definition) is 0. The summed E-state index contributed by atoms with van der Waals surface area (Å²) in [4.78, 5) is 5.21. The van der Waals surface area contributed by atoms with E-state index >= 15 is 0 Å². The lowest BCUT2D eigenvalue weighted by atomic mass is 9.60. The van der Waals surface area contributed by atoms with Crippen molar-refractivity contribution in [2.45, 2.75) is 72.6 Å². The standard InChI is InChI=1S/C26H44N2O2/c1-8-9-10-27-11-13-28(14-12-27)22-16-24(30-7)23(29-6)15-21(22)20-17-25(2,3)19-26(4,5)18-20/h15-16,20H,8-14,17-19H2,1-7H3. The first-order valence-electron chi connectivity index (χ1n) is 11.9. The van der Waals surface area contributed by atoms with Crippen LogP contribution in [0.3, 0.4) is 0 Å². The number of rotatable bonds is 7. The van der Waals surface area contributed by atoms with E-state index < -0.39 is 0 Å². The third-order valence-electron chi connectivity index (χ3n) is 7.07. The first-order valence-corrected chi connectivity index (χ1v) is 11.9. The minimum atomic E-state index is 0.357. The van der Waals surface area contributed by atoms with Gasteiger partial charge in [-0.05, 0) is 60.6 Å². The molecule has 0 atom stereocenters. The maximum absolute atomic E-state index is 5.72. The Morgan fingerprint density at radius 2 is 1.47 bits per heavy atom. The molecule has 0 N–H and O–H groups in total. The van der Waals surface area contributed by atoms with Gasteiger partial charge in [-0.3, -0.25) is 4.90 Å². The van der Waals surface area contributed by atoms with Crippen LogP contribution in [-0.4, -0.2) is 51.8 Å². The van der Waals surface area contributed by atoms with Crippen molar-refractivity contribution < 1.29 is 9.47 Å². The molecule has 3 rings (SSSR count). The minimum Gasteiger partial charge on any atom is -0.493 e. The number of nitrogens with zero attached hydrogens (tertiary/aromatic N) is 2. The summed E-state index contributed by atoms with van der Waals surface area (Å²) in [6.07, 6.45) is 6.32. The number of ether oxygens (including phenoxy) is 2. The van der Waals surface area contributed by atoms with Crippen molar-refractivity contribution in [1.29, 1.82) is 0 Å². The summed E-state index contributed by atoms with van der Waals surface area (Å²) < 4.78 is 11.4. The number of methoxy groups -OCH3 is 2. The molecule has 1 aromatic carbocycles. The van der Waals surface area contributed by atoms with E-state index in [1.807, 2.05) is 0 Å². The Labute approximate surface area is 184 Å². The molecule has 0 aromatic heterocycles. The van der Waals surface area contributed by atoms with E-state index in [0.29, 0.717) is 16.7 Å². The molecule has 0 bridgehead atoms. The molecule has 1 aliphatic carbocycles. The van der Waals surface area contributed by atoms with Gasteiger partial charge >= 0.3 is 0 Å². The van der Waals surface area contributed by atoms with Gasteiger partial charge in [0.25, 0.3) is 0 Å². The van der Waals surface area contributed by atoms with E-state index in [1.54, 1.807) is 14.2 Å². The summed E-state index contributed by atoms with van der Waals surface area (Å²) >= 11 is 0. The molecular weight excluding hydrogens is 372 g/mol. The third kappa shape index (κ3) is 5.43. The van der Waals surface area contributed by atoms with Crippen LogP contribution in [0, 0.1) is 10.8 Å². The quantitative estimate of drug-likeness (QED) is 0.549. The Hall–Kier alpha value is -1.42. The van der Waals surface area contributed by atoms with Gasteiger partial charge in [0.2, 0.25) is 0 Å². The van der Waals surface area contributed by atoms with E-state index in [9.17, 15) is 0 Å². The molecule has 30 heavy (non-hydrogen) atoms. The van der Waals surface area contributed by atoms with Crippen molar-refractivity contribution in [2.75, 3.05) is 51.8 Å². The molecule has 4 heteroatoms. The van der Waals surface area contributed by atoms with E-state index in [1.165, 1.54) is 49.9 Å². The molecule has 0 amide bonds. The van der Waals surface area contributed by atoms with Crippen LogP contribution >= 0.6 is 0 Å². The summed E-state index contributed by atoms with van der Waals surface area (Å²) in [5, 5.41) is 0. The van der Waals surface area contributed by atoms with Gasteiger partial charge in [0.1, 0.15) is 0 Å². The fraction of sp³-hybridized carbons (Fsp3) is 0.769. The van der Waals surface area contributed by atoms with Crippen molar-refractivity contribution >= 4 is 5.69 Å². The first kappa shape index (κ1) is 23.2. The zero-order valence-corrected chi connectivity index (χ0v) is 20.5. The molecular formula is C26H44N2O2. The fourth-order valence-corrected chi connectivity index (χ4v) is 6.14. The lowest BCUT2D eigenvalue weighted by Crippen LogP contribution is -2.47. The number of hydrogen-bond acceptors (Lipinski definition) is 4. The molecule has 1 heterocycles. The molecule has 0 radical (unpaired) electrons. The van der Waals surface area contributed by atoms with Gasteiger partial charge < -0.3 is 14.4 Å². The van der Waals surface area contributed by atoms with Crippen LogP contribution in [-0.2, 0) is 0 Å². The lowest BCUT2D eigenvalue weighted by molar-refractivity contribution is 0.0968. The molecule has 1 saturated carbocycles. The van der Waals surface area contributed by atoms with Gasteiger partial charge in [-0.2, -0.15) is 0 Å². The molecule has 0 unspecified atom stereocenters. The van der Waals surface area contributed by atoms with Gasteiger partial charge in [-0.1, -0.05) is 41.0 Å². The van der Waals surface area contributed by atoms with E-state index in [4.69, 9.17) is 9.47 Å². The summed E-state index contributed by atoms with van der Waals surface area (Å²) in [7, 11) is 3.50. The van der Waals surface area contributed by atoms with Crippen LogP contribution in [0.5, 0.6) is 11.5 Å². The van der Waals surface area contributed by atoms with Crippen molar-refractivity contribution in [3.05, 3.63) is 17.7 Å². The second kappa shape index (κ2) is 9.38. The Morgan fingerprint density at radius 1 is 0.900 bits per heavy atom. The minimum absolute atomic E-state index is 0.357. The average molecular weight is 417 g/mol. The number of piperazine rings is 1. The Balaban J connectivity index is 1.92. The molecule has 1 aliphatic heterocycles. The predicted octanol–water partition coefficient (Wildman–Crippen LogP) is 5.95. The second-order valence-corrected chi connectivity index (χ2v) is 11.1. The Morgan fingerprint density at radius 3 is 2.00 bits per heavy atom. The normalized spacial score (nSPS) is 22.2. The van der Waals surface area contributed by atoms with E-state index in [2.05, 4.69) is 56.6 Å². The molecule has 170 valence electrons. The van der Waals surface area contributed by atoms with Crippen LogP contribution in [0.1, 0.15) is 78.2 Å². The summed E-state index contributed by atoms with van der Waals surface area (Å²) in [6.45, 7) is 17.7. The predicted molar refractivity (Wildman–Crippen MR) is 127 cm³/mol. The molecule has 1 aromatic rings. The average Bonchev–Trinajstić information content (AvgIpc) is 2.69.